The molecule has 0 radical (unpaired) electrons. The minimum Gasteiger partial charge on any atom is -0.508 e. The van der Waals surface area contributed by atoms with Gasteiger partial charge in [0.1, 0.15) is 12.0 Å². The lowest BCUT2D eigenvalue weighted by Gasteiger charge is -1.96. The Bertz CT molecular complexity index is 349. The van der Waals surface area contributed by atoms with E-state index in [9.17, 15) is 9.90 Å². The standard InChI is InChI=1S/C11H10O2/c1-9-6-10(4-2-3-5-12)8-11(13)7-9/h5-8,13H,3H2,1H3. The van der Waals surface area contributed by atoms with Crippen LogP contribution in [-0.2, 0) is 4.79 Å². The second kappa shape index (κ2) is 4.32. The number of rotatable bonds is 1. The molecule has 1 aromatic carbocycles. The van der Waals surface area contributed by atoms with Crippen molar-refractivity contribution >= 4 is 6.29 Å². The maximum Gasteiger partial charge on any atom is 0.131 e. The zero-order valence-corrected chi connectivity index (χ0v) is 7.37. The lowest BCUT2D eigenvalue weighted by Crippen LogP contribution is -1.78. The molecule has 2 heteroatoms. The second-order valence-corrected chi connectivity index (χ2v) is 2.73. The van der Waals surface area contributed by atoms with Gasteiger partial charge in [0.2, 0.25) is 0 Å². The molecule has 0 aliphatic carbocycles. The van der Waals surface area contributed by atoms with Gasteiger partial charge in [-0.25, -0.2) is 0 Å². The summed E-state index contributed by atoms with van der Waals surface area (Å²) in [6, 6.07) is 5.09. The van der Waals surface area contributed by atoms with Crippen LogP contribution in [0.2, 0.25) is 0 Å². The number of aryl methyl sites for hydroxylation is 1. The first-order valence-corrected chi connectivity index (χ1v) is 3.95. The molecule has 0 aromatic heterocycles. The Morgan fingerprint density at radius 3 is 2.85 bits per heavy atom. The van der Waals surface area contributed by atoms with Crippen molar-refractivity contribution in [2.75, 3.05) is 0 Å². The molecular weight excluding hydrogens is 164 g/mol. The molecule has 0 unspecified atom stereocenters. The van der Waals surface area contributed by atoms with Crippen LogP contribution >= 0.6 is 0 Å². The molecule has 0 aliphatic rings. The minimum atomic E-state index is 0.204. The van der Waals surface area contributed by atoms with Crippen molar-refractivity contribution in [1.29, 1.82) is 0 Å². The van der Waals surface area contributed by atoms with E-state index in [1.165, 1.54) is 0 Å². The average molecular weight is 174 g/mol. The number of aromatic hydroxyl groups is 1. The molecule has 0 saturated heterocycles. The monoisotopic (exact) mass is 174 g/mol. The van der Waals surface area contributed by atoms with Gasteiger partial charge in [0.15, 0.2) is 0 Å². The summed E-state index contributed by atoms with van der Waals surface area (Å²) in [6.45, 7) is 1.88. The second-order valence-electron chi connectivity index (χ2n) is 2.73. The van der Waals surface area contributed by atoms with Crippen molar-refractivity contribution in [1.82, 2.24) is 0 Å². The minimum absolute atomic E-state index is 0.204. The molecular formula is C11H10O2. The van der Waals surface area contributed by atoms with Gasteiger partial charge in [-0.3, -0.25) is 0 Å². The Labute approximate surface area is 77.2 Å². The van der Waals surface area contributed by atoms with Gasteiger partial charge in [-0.15, -0.1) is 0 Å². The van der Waals surface area contributed by atoms with E-state index in [0.717, 1.165) is 17.4 Å². The van der Waals surface area contributed by atoms with Crippen LogP contribution in [-0.4, -0.2) is 11.4 Å². The third kappa shape index (κ3) is 3.00. The first kappa shape index (κ1) is 9.34. The van der Waals surface area contributed by atoms with Crippen LogP contribution in [0.15, 0.2) is 18.2 Å². The summed E-state index contributed by atoms with van der Waals surface area (Å²) in [5.41, 5.74) is 1.69. The number of phenolic OH excluding ortho intramolecular Hbond substituents is 1. The number of benzene rings is 1. The maximum absolute atomic E-state index is 9.98. The number of carbonyl (C=O) groups excluding carboxylic acids is 1. The molecule has 0 saturated carbocycles. The Morgan fingerprint density at radius 2 is 2.23 bits per heavy atom. The molecule has 0 heterocycles. The maximum atomic E-state index is 9.98. The summed E-state index contributed by atoms with van der Waals surface area (Å²) in [7, 11) is 0. The van der Waals surface area contributed by atoms with Gasteiger partial charge in [0, 0.05) is 5.56 Å². The third-order valence-corrected chi connectivity index (χ3v) is 1.48. The van der Waals surface area contributed by atoms with Gasteiger partial charge >= 0.3 is 0 Å². The molecule has 1 aromatic rings. The summed E-state index contributed by atoms with van der Waals surface area (Å²) < 4.78 is 0. The average Bonchev–Trinajstić information content (AvgIpc) is 2.03. The molecule has 0 amide bonds. The first-order valence-electron chi connectivity index (χ1n) is 3.95. The van der Waals surface area contributed by atoms with E-state index in [-0.39, 0.29) is 12.2 Å². The lowest BCUT2D eigenvalue weighted by molar-refractivity contribution is -0.107. The fourth-order valence-corrected chi connectivity index (χ4v) is 1.03. The molecule has 0 fully saturated rings. The fourth-order valence-electron chi connectivity index (χ4n) is 1.03. The highest BCUT2D eigenvalue weighted by Crippen LogP contribution is 2.13. The van der Waals surface area contributed by atoms with E-state index in [4.69, 9.17) is 0 Å². The molecule has 1 N–H and O–H groups in total. The SMILES string of the molecule is Cc1cc(O)cc(C#CCC=O)c1. The highest BCUT2D eigenvalue weighted by molar-refractivity contribution is 5.55. The van der Waals surface area contributed by atoms with Crippen molar-refractivity contribution < 1.29 is 9.90 Å². The Balaban J connectivity index is 2.90. The summed E-state index contributed by atoms with van der Waals surface area (Å²) in [6.07, 6.45) is 0.983. The van der Waals surface area contributed by atoms with Crippen molar-refractivity contribution in [2.45, 2.75) is 13.3 Å². The first-order chi connectivity index (χ1) is 6.22. The number of hydrogen-bond donors (Lipinski definition) is 1. The smallest absolute Gasteiger partial charge is 0.131 e. The van der Waals surface area contributed by atoms with E-state index in [2.05, 4.69) is 11.8 Å². The molecule has 13 heavy (non-hydrogen) atoms. The molecule has 1 rings (SSSR count). The van der Waals surface area contributed by atoms with Gasteiger partial charge in [-0.05, 0) is 30.7 Å². The molecule has 0 aliphatic heterocycles. The Morgan fingerprint density at radius 1 is 1.46 bits per heavy atom. The largest absolute Gasteiger partial charge is 0.508 e. The molecule has 2 nitrogen and oxygen atoms in total. The number of phenols is 1. The molecule has 66 valence electrons. The summed E-state index contributed by atoms with van der Waals surface area (Å²) in [4.78, 5) is 9.98. The Kier molecular flexibility index (Phi) is 3.10. The topological polar surface area (TPSA) is 37.3 Å². The number of aldehydes is 1. The summed E-state index contributed by atoms with van der Waals surface area (Å²) >= 11 is 0. The Hall–Kier alpha value is -1.75. The zero-order chi connectivity index (χ0) is 9.68. The van der Waals surface area contributed by atoms with Crippen LogP contribution in [0.5, 0.6) is 5.75 Å². The van der Waals surface area contributed by atoms with Crippen LogP contribution in [0.25, 0.3) is 0 Å². The predicted octanol–water partition coefficient (Wildman–Crippen LogP) is 1.64. The van der Waals surface area contributed by atoms with E-state index in [0.29, 0.717) is 0 Å². The van der Waals surface area contributed by atoms with E-state index in [1.807, 2.05) is 13.0 Å². The van der Waals surface area contributed by atoms with Crippen molar-refractivity contribution in [3.8, 4) is 17.6 Å². The molecule has 0 spiro atoms. The quantitative estimate of drug-likeness (QED) is 0.519. The summed E-state index contributed by atoms with van der Waals surface area (Å²) in [5.74, 6) is 5.67. The van der Waals surface area contributed by atoms with Crippen LogP contribution < -0.4 is 0 Å². The van der Waals surface area contributed by atoms with Crippen molar-refractivity contribution in [3.05, 3.63) is 29.3 Å². The van der Waals surface area contributed by atoms with Crippen LogP contribution in [0.1, 0.15) is 17.5 Å². The van der Waals surface area contributed by atoms with E-state index < -0.39 is 0 Å². The van der Waals surface area contributed by atoms with E-state index >= 15 is 0 Å². The predicted molar refractivity (Wildman–Crippen MR) is 50.4 cm³/mol. The highest BCUT2D eigenvalue weighted by Gasteiger charge is 1.92. The highest BCUT2D eigenvalue weighted by atomic mass is 16.3. The summed E-state index contributed by atoms with van der Waals surface area (Å²) in [5, 5.41) is 9.21. The van der Waals surface area contributed by atoms with Gasteiger partial charge in [0.05, 0.1) is 6.42 Å². The van der Waals surface area contributed by atoms with E-state index in [1.54, 1.807) is 12.1 Å². The van der Waals surface area contributed by atoms with Crippen LogP contribution in [0.3, 0.4) is 0 Å². The van der Waals surface area contributed by atoms with Gasteiger partial charge in [0.25, 0.3) is 0 Å². The zero-order valence-electron chi connectivity index (χ0n) is 7.37. The van der Waals surface area contributed by atoms with Crippen molar-refractivity contribution in [3.63, 3.8) is 0 Å². The van der Waals surface area contributed by atoms with Crippen LogP contribution in [0.4, 0.5) is 0 Å². The van der Waals surface area contributed by atoms with Gasteiger partial charge in [-0.2, -0.15) is 0 Å². The normalized spacial score (nSPS) is 8.69. The molecule has 0 bridgehead atoms. The molecule has 0 atom stereocenters. The van der Waals surface area contributed by atoms with Gasteiger partial charge < -0.3 is 9.90 Å². The van der Waals surface area contributed by atoms with Gasteiger partial charge in [-0.1, -0.05) is 11.8 Å². The van der Waals surface area contributed by atoms with Crippen molar-refractivity contribution in [2.24, 2.45) is 0 Å². The van der Waals surface area contributed by atoms with Crippen LogP contribution in [0, 0.1) is 18.8 Å². The number of carbonyl (C=O) groups is 1. The number of hydrogen-bond acceptors (Lipinski definition) is 2. The third-order valence-electron chi connectivity index (χ3n) is 1.48. The lowest BCUT2D eigenvalue weighted by atomic mass is 10.1. The fraction of sp³-hybridized carbons (Fsp3) is 0.182.